The van der Waals surface area contributed by atoms with Gasteiger partial charge in [-0.2, -0.15) is 18.3 Å². The van der Waals surface area contributed by atoms with Gasteiger partial charge in [0.15, 0.2) is 5.69 Å². The van der Waals surface area contributed by atoms with E-state index in [9.17, 15) is 13.2 Å². The van der Waals surface area contributed by atoms with E-state index in [1.807, 2.05) is 0 Å². The molecule has 1 aromatic heterocycles. The van der Waals surface area contributed by atoms with Gasteiger partial charge in [0, 0.05) is 6.54 Å². The zero-order chi connectivity index (χ0) is 12.5. The predicted molar refractivity (Wildman–Crippen MR) is 58.9 cm³/mol. The second-order valence-electron chi connectivity index (χ2n) is 3.46. The first-order valence-electron chi connectivity index (χ1n) is 4.71. The number of aromatic nitrogens is 2. The molecule has 0 saturated carbocycles. The fraction of sp³-hybridized carbons (Fsp3) is 0.667. The molecule has 0 aromatic carbocycles. The van der Waals surface area contributed by atoms with Crippen molar-refractivity contribution in [2.75, 3.05) is 12.5 Å². The van der Waals surface area contributed by atoms with Gasteiger partial charge in [-0.25, -0.2) is 4.36 Å². The fourth-order valence-electron chi connectivity index (χ4n) is 1.33. The zero-order valence-electron chi connectivity index (χ0n) is 9.59. The molecule has 1 rings (SSSR count). The Bertz CT molecular complexity index is 416. The summed E-state index contributed by atoms with van der Waals surface area (Å²) in [4.78, 5) is 0. The molecule has 0 atom stereocenters. The fourth-order valence-corrected chi connectivity index (χ4v) is 1.91. The number of halogens is 3. The Labute approximate surface area is 94.8 Å². The van der Waals surface area contributed by atoms with Gasteiger partial charge in [0.2, 0.25) is 0 Å². The van der Waals surface area contributed by atoms with Crippen LogP contribution in [0.5, 0.6) is 0 Å². The largest absolute Gasteiger partial charge is 0.437 e. The van der Waals surface area contributed by atoms with Crippen LogP contribution in [0.15, 0.2) is 4.36 Å². The van der Waals surface area contributed by atoms with E-state index in [4.69, 9.17) is 0 Å². The van der Waals surface area contributed by atoms with Gasteiger partial charge in [0.1, 0.15) is 5.69 Å². The van der Waals surface area contributed by atoms with Crippen LogP contribution in [0, 0.1) is 6.92 Å². The number of hydrogen-bond acceptors (Lipinski definition) is 2. The molecule has 0 amide bonds. The van der Waals surface area contributed by atoms with Gasteiger partial charge in [0.25, 0.3) is 0 Å². The molecule has 1 aromatic rings. The lowest BCUT2D eigenvalue weighted by Gasteiger charge is -2.03. The van der Waals surface area contributed by atoms with Gasteiger partial charge in [-0.15, -0.1) is 10.7 Å². The van der Waals surface area contributed by atoms with Crippen LogP contribution in [-0.4, -0.2) is 22.3 Å². The topological polar surface area (TPSA) is 30.2 Å². The van der Waals surface area contributed by atoms with E-state index in [2.05, 4.69) is 9.46 Å². The van der Waals surface area contributed by atoms with Crippen molar-refractivity contribution >= 4 is 16.4 Å². The molecule has 0 fully saturated rings. The highest BCUT2D eigenvalue weighted by atomic mass is 32.2. The Morgan fingerprint density at radius 3 is 2.31 bits per heavy atom. The number of aryl methyl sites for hydroxylation is 1. The van der Waals surface area contributed by atoms with Crippen molar-refractivity contribution in [1.82, 2.24) is 9.78 Å². The van der Waals surface area contributed by atoms with E-state index in [-0.39, 0.29) is 5.69 Å². The molecule has 16 heavy (non-hydrogen) atoms. The van der Waals surface area contributed by atoms with Crippen LogP contribution in [-0.2, 0) is 23.4 Å². The van der Waals surface area contributed by atoms with E-state index < -0.39 is 22.6 Å². The summed E-state index contributed by atoms with van der Waals surface area (Å²) < 4.78 is 43.4. The Morgan fingerprint density at radius 1 is 1.38 bits per heavy atom. The third kappa shape index (κ3) is 2.63. The average molecular weight is 253 g/mol. The summed E-state index contributed by atoms with van der Waals surface area (Å²) in [6, 6.07) is 0. The average Bonchev–Trinajstić information content (AvgIpc) is 2.42. The number of alkyl halides is 3. The molecule has 0 aliphatic rings. The van der Waals surface area contributed by atoms with Crippen molar-refractivity contribution in [3.8, 4) is 0 Å². The lowest BCUT2D eigenvalue weighted by molar-refractivity contribution is -0.140. The van der Waals surface area contributed by atoms with Gasteiger partial charge in [-0.3, -0.25) is 4.68 Å². The molecule has 0 aliphatic heterocycles. The standard InChI is InChI=1S/C9H14F3N3S/c1-5-15-6(2)7(14-16(3)4)8(13-15)9(10,11)12/h5H2,1-4H3. The molecule has 7 heteroatoms. The molecule has 0 unspecified atom stereocenters. The van der Waals surface area contributed by atoms with Crippen molar-refractivity contribution in [3.05, 3.63) is 11.4 Å². The van der Waals surface area contributed by atoms with Crippen molar-refractivity contribution in [3.63, 3.8) is 0 Å². The molecule has 0 aliphatic carbocycles. The van der Waals surface area contributed by atoms with Crippen molar-refractivity contribution in [1.29, 1.82) is 0 Å². The highest BCUT2D eigenvalue weighted by molar-refractivity contribution is 7.85. The number of hydrogen-bond donors (Lipinski definition) is 0. The van der Waals surface area contributed by atoms with Gasteiger partial charge < -0.3 is 0 Å². The third-order valence-corrected chi connectivity index (χ3v) is 2.56. The Kier molecular flexibility index (Phi) is 3.77. The summed E-state index contributed by atoms with van der Waals surface area (Å²) in [5.41, 5.74) is -0.438. The molecule has 1 heterocycles. The van der Waals surface area contributed by atoms with E-state index in [1.165, 1.54) is 4.68 Å². The van der Waals surface area contributed by atoms with Gasteiger partial charge in [0.05, 0.1) is 5.69 Å². The van der Waals surface area contributed by atoms with E-state index >= 15 is 0 Å². The molecule has 3 nitrogen and oxygen atoms in total. The van der Waals surface area contributed by atoms with Crippen LogP contribution >= 0.6 is 0 Å². The molecule has 0 radical (unpaired) electrons. The van der Waals surface area contributed by atoms with E-state index in [1.54, 1.807) is 26.4 Å². The summed E-state index contributed by atoms with van der Waals surface area (Å²) >= 11 is 0. The summed E-state index contributed by atoms with van der Waals surface area (Å²) in [6.07, 6.45) is -0.908. The first-order chi connectivity index (χ1) is 7.27. The smallest absolute Gasteiger partial charge is 0.267 e. The molecule has 0 N–H and O–H groups in total. The first-order valence-corrected chi connectivity index (χ1v) is 6.71. The van der Waals surface area contributed by atoms with Gasteiger partial charge in [-0.1, -0.05) is 0 Å². The molecule has 0 bridgehead atoms. The zero-order valence-corrected chi connectivity index (χ0v) is 10.4. The quantitative estimate of drug-likeness (QED) is 0.797. The van der Waals surface area contributed by atoms with Crippen molar-refractivity contribution in [2.45, 2.75) is 26.6 Å². The summed E-state index contributed by atoms with van der Waals surface area (Å²) in [5.74, 6) is 0. The number of nitrogens with zero attached hydrogens (tertiary/aromatic N) is 3. The summed E-state index contributed by atoms with van der Waals surface area (Å²) in [6.45, 7) is 3.77. The lowest BCUT2D eigenvalue weighted by atomic mass is 10.3. The predicted octanol–water partition coefficient (Wildman–Crippen LogP) is 2.92. The maximum Gasteiger partial charge on any atom is 0.437 e. The van der Waals surface area contributed by atoms with E-state index in [0.29, 0.717) is 12.2 Å². The molecule has 0 spiro atoms. The first kappa shape index (κ1) is 13.2. The molecular weight excluding hydrogens is 239 g/mol. The minimum Gasteiger partial charge on any atom is -0.267 e. The van der Waals surface area contributed by atoms with E-state index in [0.717, 1.165) is 0 Å². The summed E-state index contributed by atoms with van der Waals surface area (Å²) in [7, 11) is -0.439. The van der Waals surface area contributed by atoms with Crippen LogP contribution in [0.25, 0.3) is 0 Å². The van der Waals surface area contributed by atoms with Crippen LogP contribution in [0.2, 0.25) is 0 Å². The Morgan fingerprint density at radius 2 is 1.94 bits per heavy atom. The monoisotopic (exact) mass is 253 g/mol. The maximum atomic E-state index is 12.7. The number of rotatable bonds is 2. The Hall–Kier alpha value is -0.850. The minimum atomic E-state index is -4.44. The second kappa shape index (κ2) is 4.57. The van der Waals surface area contributed by atoms with Crippen LogP contribution < -0.4 is 0 Å². The SMILES string of the molecule is CCn1nc(C(F)(F)F)c(N=S(C)C)c1C. The lowest BCUT2D eigenvalue weighted by Crippen LogP contribution is -2.08. The molecular formula is C9H14F3N3S. The second-order valence-corrected chi connectivity index (χ2v) is 5.19. The van der Waals surface area contributed by atoms with Crippen molar-refractivity contribution in [2.24, 2.45) is 4.36 Å². The minimum absolute atomic E-state index is 0.0253. The Balaban J connectivity index is 3.43. The highest BCUT2D eigenvalue weighted by Gasteiger charge is 2.38. The molecule has 0 saturated heterocycles. The normalized spacial score (nSPS) is 12.2. The van der Waals surface area contributed by atoms with Gasteiger partial charge >= 0.3 is 6.18 Å². The van der Waals surface area contributed by atoms with Crippen LogP contribution in [0.3, 0.4) is 0 Å². The maximum absolute atomic E-state index is 12.7. The highest BCUT2D eigenvalue weighted by Crippen LogP contribution is 2.37. The van der Waals surface area contributed by atoms with Gasteiger partial charge in [-0.05, 0) is 26.4 Å². The van der Waals surface area contributed by atoms with Crippen LogP contribution in [0.1, 0.15) is 18.3 Å². The van der Waals surface area contributed by atoms with Crippen LogP contribution in [0.4, 0.5) is 18.9 Å². The third-order valence-electron chi connectivity index (χ3n) is 2.02. The van der Waals surface area contributed by atoms with Crippen molar-refractivity contribution < 1.29 is 13.2 Å². The molecule has 92 valence electrons. The summed E-state index contributed by atoms with van der Waals surface area (Å²) in [5, 5.41) is 3.55.